The van der Waals surface area contributed by atoms with Gasteiger partial charge in [0.25, 0.3) is 0 Å². The topological polar surface area (TPSA) is 55.5 Å². The Balaban J connectivity index is 2.52. The van der Waals surface area contributed by atoms with Crippen molar-refractivity contribution in [1.82, 2.24) is 0 Å². The Hall–Kier alpha value is -1.29. The Morgan fingerprint density at radius 3 is 2.64 bits per heavy atom. The zero-order valence-electron chi connectivity index (χ0n) is 7.88. The summed E-state index contributed by atoms with van der Waals surface area (Å²) in [5.74, 6) is -0.613. The monoisotopic (exact) mass is 197 g/mol. The van der Waals surface area contributed by atoms with E-state index in [0.717, 1.165) is 12.8 Å². The Bertz CT molecular complexity index is 375. The van der Waals surface area contributed by atoms with E-state index in [2.05, 4.69) is 0 Å². The van der Waals surface area contributed by atoms with Crippen molar-refractivity contribution in [3.8, 4) is 11.5 Å². The molecule has 0 aliphatic heterocycles. The van der Waals surface area contributed by atoms with Crippen molar-refractivity contribution in [3.05, 3.63) is 23.5 Å². The lowest BCUT2D eigenvalue weighted by Crippen LogP contribution is -2.20. The van der Waals surface area contributed by atoms with Crippen LogP contribution < -0.4 is 10.5 Å². The van der Waals surface area contributed by atoms with Crippen LogP contribution in [0, 0.1) is 5.82 Å². The quantitative estimate of drug-likeness (QED) is 0.755. The molecule has 1 aliphatic carbocycles. The van der Waals surface area contributed by atoms with Crippen molar-refractivity contribution < 1.29 is 14.2 Å². The first-order chi connectivity index (χ1) is 6.57. The number of aromatic hydroxyl groups is 1. The number of halogens is 1. The van der Waals surface area contributed by atoms with Crippen LogP contribution in [-0.2, 0) is 5.54 Å². The molecule has 1 aliphatic rings. The molecule has 3 N–H and O–H groups in total. The summed E-state index contributed by atoms with van der Waals surface area (Å²) < 4.78 is 18.4. The van der Waals surface area contributed by atoms with E-state index >= 15 is 0 Å². The SMILES string of the molecule is COc1cc(O)c(F)c(C2(N)CC2)c1. The van der Waals surface area contributed by atoms with Crippen LogP contribution in [0.25, 0.3) is 0 Å². The van der Waals surface area contributed by atoms with Crippen molar-refractivity contribution >= 4 is 0 Å². The van der Waals surface area contributed by atoms with Gasteiger partial charge in [-0.05, 0) is 18.9 Å². The highest BCUT2D eigenvalue weighted by molar-refractivity contribution is 5.44. The van der Waals surface area contributed by atoms with Gasteiger partial charge in [-0.3, -0.25) is 0 Å². The van der Waals surface area contributed by atoms with Crippen molar-refractivity contribution in [2.45, 2.75) is 18.4 Å². The number of rotatable bonds is 2. The van der Waals surface area contributed by atoms with E-state index < -0.39 is 17.1 Å². The highest BCUT2D eigenvalue weighted by atomic mass is 19.1. The van der Waals surface area contributed by atoms with E-state index in [9.17, 15) is 9.50 Å². The third-order valence-electron chi connectivity index (χ3n) is 2.59. The lowest BCUT2D eigenvalue weighted by atomic mass is 10.0. The van der Waals surface area contributed by atoms with E-state index in [1.807, 2.05) is 0 Å². The molecule has 1 saturated carbocycles. The second kappa shape index (κ2) is 2.85. The van der Waals surface area contributed by atoms with E-state index in [4.69, 9.17) is 10.5 Å². The van der Waals surface area contributed by atoms with Crippen molar-refractivity contribution in [2.75, 3.05) is 7.11 Å². The number of hydrogen-bond donors (Lipinski definition) is 2. The van der Waals surface area contributed by atoms with Crippen LogP contribution in [0.15, 0.2) is 12.1 Å². The molecule has 0 spiro atoms. The minimum atomic E-state index is -0.634. The molecule has 4 heteroatoms. The number of methoxy groups -OCH3 is 1. The Kier molecular flexibility index (Phi) is 1.89. The third kappa shape index (κ3) is 1.32. The molecule has 0 heterocycles. The lowest BCUT2D eigenvalue weighted by molar-refractivity contribution is 0.391. The van der Waals surface area contributed by atoms with Crippen LogP contribution >= 0.6 is 0 Å². The van der Waals surface area contributed by atoms with Gasteiger partial charge in [-0.1, -0.05) is 0 Å². The van der Waals surface area contributed by atoms with Crippen LogP contribution in [-0.4, -0.2) is 12.2 Å². The van der Waals surface area contributed by atoms with Crippen LogP contribution in [0.4, 0.5) is 4.39 Å². The second-order valence-corrected chi connectivity index (χ2v) is 3.66. The molecule has 1 aromatic carbocycles. The molecule has 0 saturated heterocycles. The Morgan fingerprint density at radius 2 is 2.14 bits per heavy atom. The molecule has 0 aromatic heterocycles. The summed E-state index contributed by atoms with van der Waals surface area (Å²) in [4.78, 5) is 0. The highest BCUT2D eigenvalue weighted by Crippen LogP contribution is 2.46. The van der Waals surface area contributed by atoms with E-state index in [0.29, 0.717) is 11.3 Å². The fourth-order valence-electron chi connectivity index (χ4n) is 1.47. The van der Waals surface area contributed by atoms with Crippen LogP contribution in [0.3, 0.4) is 0 Å². The summed E-state index contributed by atoms with van der Waals surface area (Å²) in [5, 5.41) is 9.29. The van der Waals surface area contributed by atoms with Gasteiger partial charge in [0.05, 0.1) is 7.11 Å². The molecule has 76 valence electrons. The summed E-state index contributed by atoms with van der Waals surface area (Å²) in [6, 6.07) is 2.78. The zero-order chi connectivity index (χ0) is 10.3. The molecule has 0 unspecified atom stereocenters. The number of phenols is 1. The average molecular weight is 197 g/mol. The van der Waals surface area contributed by atoms with E-state index in [1.165, 1.54) is 13.2 Å². The summed E-state index contributed by atoms with van der Waals surface area (Å²) >= 11 is 0. The molecule has 2 rings (SSSR count). The Labute approximate surface area is 81.3 Å². The molecule has 0 amide bonds. The highest BCUT2D eigenvalue weighted by Gasteiger charge is 2.43. The van der Waals surface area contributed by atoms with E-state index in [1.54, 1.807) is 6.07 Å². The maximum absolute atomic E-state index is 13.5. The second-order valence-electron chi connectivity index (χ2n) is 3.66. The van der Waals surface area contributed by atoms with Crippen molar-refractivity contribution in [3.63, 3.8) is 0 Å². The van der Waals surface area contributed by atoms with Crippen molar-refractivity contribution in [1.29, 1.82) is 0 Å². The van der Waals surface area contributed by atoms with Crippen LogP contribution in [0.2, 0.25) is 0 Å². The summed E-state index contributed by atoms with van der Waals surface area (Å²) in [6.07, 6.45) is 1.49. The number of hydrogen-bond acceptors (Lipinski definition) is 3. The maximum atomic E-state index is 13.5. The summed E-state index contributed by atoms with van der Waals surface area (Å²) in [7, 11) is 1.46. The van der Waals surface area contributed by atoms with E-state index in [-0.39, 0.29) is 0 Å². The number of ether oxygens (including phenoxy) is 1. The molecular formula is C10H12FNO2. The largest absolute Gasteiger partial charge is 0.505 e. The molecule has 1 aromatic rings. The first kappa shape index (κ1) is 9.27. The predicted octanol–water partition coefficient (Wildman–Crippen LogP) is 1.49. The van der Waals surface area contributed by atoms with Gasteiger partial charge in [0, 0.05) is 17.2 Å². The third-order valence-corrected chi connectivity index (χ3v) is 2.59. The smallest absolute Gasteiger partial charge is 0.170 e. The fourth-order valence-corrected chi connectivity index (χ4v) is 1.47. The van der Waals surface area contributed by atoms with Crippen LogP contribution in [0.1, 0.15) is 18.4 Å². The van der Waals surface area contributed by atoms with Gasteiger partial charge in [-0.2, -0.15) is 0 Å². The first-order valence-corrected chi connectivity index (χ1v) is 4.43. The number of benzene rings is 1. The minimum Gasteiger partial charge on any atom is -0.505 e. The fraction of sp³-hybridized carbons (Fsp3) is 0.400. The summed E-state index contributed by atoms with van der Waals surface area (Å²) in [6.45, 7) is 0. The van der Waals surface area contributed by atoms with Gasteiger partial charge >= 0.3 is 0 Å². The number of nitrogens with two attached hydrogens (primary N) is 1. The molecule has 1 fully saturated rings. The molecule has 0 bridgehead atoms. The van der Waals surface area contributed by atoms with Gasteiger partial charge < -0.3 is 15.6 Å². The first-order valence-electron chi connectivity index (χ1n) is 4.43. The van der Waals surface area contributed by atoms with Gasteiger partial charge in [0.1, 0.15) is 5.75 Å². The molecule has 0 radical (unpaired) electrons. The summed E-state index contributed by atoms with van der Waals surface area (Å²) in [5.41, 5.74) is 5.60. The lowest BCUT2D eigenvalue weighted by Gasteiger charge is -2.13. The minimum absolute atomic E-state index is 0.342. The average Bonchev–Trinajstić information content (AvgIpc) is 2.89. The molecule has 14 heavy (non-hydrogen) atoms. The van der Waals surface area contributed by atoms with Gasteiger partial charge in [-0.25, -0.2) is 4.39 Å². The van der Waals surface area contributed by atoms with Gasteiger partial charge in [0.2, 0.25) is 0 Å². The molecule has 0 atom stereocenters. The van der Waals surface area contributed by atoms with Gasteiger partial charge in [0.15, 0.2) is 11.6 Å². The normalized spacial score (nSPS) is 17.9. The molecule has 3 nitrogen and oxygen atoms in total. The predicted molar refractivity (Wildman–Crippen MR) is 49.7 cm³/mol. The van der Waals surface area contributed by atoms with Crippen molar-refractivity contribution in [2.24, 2.45) is 5.73 Å². The zero-order valence-corrected chi connectivity index (χ0v) is 7.88. The van der Waals surface area contributed by atoms with Crippen LogP contribution in [0.5, 0.6) is 11.5 Å². The Morgan fingerprint density at radius 1 is 1.50 bits per heavy atom. The maximum Gasteiger partial charge on any atom is 0.170 e. The number of phenolic OH excluding ortho intramolecular Hbond substituents is 1. The van der Waals surface area contributed by atoms with Gasteiger partial charge in [-0.15, -0.1) is 0 Å². The molecular weight excluding hydrogens is 185 g/mol. The standard InChI is InChI=1S/C10H12FNO2/c1-14-6-4-7(10(12)2-3-10)9(11)8(13)5-6/h4-5,13H,2-3,12H2,1H3.